The number of hydrogen-bond acceptors (Lipinski definition) is 3. The highest BCUT2D eigenvalue weighted by atomic mass is 16.7. The van der Waals surface area contributed by atoms with Crippen molar-refractivity contribution in [3.05, 3.63) is 59.2 Å². The third kappa shape index (κ3) is 3.01. The maximum atomic E-state index is 5.65. The molecule has 1 aliphatic carbocycles. The molecule has 1 fully saturated rings. The number of benzene rings is 2. The molecule has 3 unspecified atom stereocenters. The van der Waals surface area contributed by atoms with Crippen molar-refractivity contribution in [3.63, 3.8) is 0 Å². The molecule has 0 amide bonds. The number of ether oxygens (including phenoxy) is 2. The molecular formula is C21H25NO2. The summed E-state index contributed by atoms with van der Waals surface area (Å²) in [4.78, 5) is 0. The molecule has 0 radical (unpaired) electrons. The summed E-state index contributed by atoms with van der Waals surface area (Å²) in [6.45, 7) is 4.70. The molecule has 1 heterocycles. The largest absolute Gasteiger partial charge is 0.454 e. The average Bonchev–Trinajstić information content (AvgIpc) is 3.24. The molecule has 0 spiro atoms. The van der Waals surface area contributed by atoms with E-state index in [1.165, 1.54) is 36.0 Å². The molecule has 0 aromatic heterocycles. The molecule has 3 atom stereocenters. The fourth-order valence-electron chi connectivity index (χ4n) is 4.01. The second-order valence-corrected chi connectivity index (χ2v) is 7.09. The lowest BCUT2D eigenvalue weighted by Crippen LogP contribution is -2.29. The Hall–Kier alpha value is -2.00. The predicted molar refractivity (Wildman–Crippen MR) is 95.7 cm³/mol. The molecule has 0 saturated heterocycles. The van der Waals surface area contributed by atoms with Crippen molar-refractivity contribution in [3.8, 4) is 11.5 Å². The summed E-state index contributed by atoms with van der Waals surface area (Å²) < 4.78 is 11.1. The van der Waals surface area contributed by atoms with E-state index in [1.54, 1.807) is 0 Å². The molecule has 2 aromatic carbocycles. The zero-order valence-corrected chi connectivity index (χ0v) is 14.4. The van der Waals surface area contributed by atoms with Gasteiger partial charge in [0.05, 0.1) is 0 Å². The predicted octanol–water partition coefficient (Wildman–Crippen LogP) is 4.71. The molecule has 1 saturated carbocycles. The number of nitrogens with one attached hydrogen (secondary N) is 1. The molecule has 4 rings (SSSR count). The quantitative estimate of drug-likeness (QED) is 0.884. The Morgan fingerprint density at radius 1 is 1.04 bits per heavy atom. The van der Waals surface area contributed by atoms with Crippen molar-refractivity contribution in [2.45, 2.75) is 51.1 Å². The van der Waals surface area contributed by atoms with Crippen LogP contribution in [0, 0.1) is 6.92 Å². The third-order valence-corrected chi connectivity index (χ3v) is 5.36. The van der Waals surface area contributed by atoms with E-state index < -0.39 is 0 Å². The number of hydrogen-bond donors (Lipinski definition) is 1. The van der Waals surface area contributed by atoms with E-state index in [4.69, 9.17) is 9.47 Å². The van der Waals surface area contributed by atoms with Crippen LogP contribution in [0.4, 0.5) is 0 Å². The third-order valence-electron chi connectivity index (χ3n) is 5.36. The monoisotopic (exact) mass is 323 g/mol. The lowest BCUT2D eigenvalue weighted by molar-refractivity contribution is 0.172. The van der Waals surface area contributed by atoms with Gasteiger partial charge in [-0.2, -0.15) is 0 Å². The summed E-state index contributed by atoms with van der Waals surface area (Å²) in [5.74, 6) is 2.45. The van der Waals surface area contributed by atoms with Crippen LogP contribution in [0.3, 0.4) is 0 Å². The molecule has 0 bridgehead atoms. The lowest BCUT2D eigenvalue weighted by atomic mass is 9.96. The maximum Gasteiger partial charge on any atom is 0.231 e. The van der Waals surface area contributed by atoms with Crippen molar-refractivity contribution >= 4 is 0 Å². The Morgan fingerprint density at radius 3 is 2.71 bits per heavy atom. The van der Waals surface area contributed by atoms with E-state index in [9.17, 15) is 0 Å². The fraction of sp³-hybridized carbons (Fsp3) is 0.429. The molecule has 1 N–H and O–H groups in total. The second kappa shape index (κ2) is 6.48. The van der Waals surface area contributed by atoms with E-state index in [0.29, 0.717) is 18.8 Å². The normalized spacial score (nSPS) is 23.4. The van der Waals surface area contributed by atoms with E-state index in [0.717, 1.165) is 11.5 Å². The van der Waals surface area contributed by atoms with Crippen LogP contribution in [0.5, 0.6) is 11.5 Å². The maximum absolute atomic E-state index is 5.65. The minimum Gasteiger partial charge on any atom is -0.454 e. The van der Waals surface area contributed by atoms with Crippen LogP contribution in [0.25, 0.3) is 0 Å². The van der Waals surface area contributed by atoms with Gasteiger partial charge in [-0.3, -0.25) is 0 Å². The number of aryl methyl sites for hydroxylation is 1. The van der Waals surface area contributed by atoms with E-state index in [1.807, 2.05) is 12.1 Å². The van der Waals surface area contributed by atoms with Gasteiger partial charge in [-0.1, -0.05) is 42.0 Å². The van der Waals surface area contributed by atoms with Gasteiger partial charge in [-0.25, -0.2) is 0 Å². The lowest BCUT2D eigenvalue weighted by Gasteiger charge is -2.21. The zero-order valence-electron chi connectivity index (χ0n) is 14.4. The number of para-hydroxylation sites is 1. The van der Waals surface area contributed by atoms with Crippen molar-refractivity contribution in [2.24, 2.45) is 0 Å². The van der Waals surface area contributed by atoms with E-state index >= 15 is 0 Å². The molecule has 3 nitrogen and oxygen atoms in total. The van der Waals surface area contributed by atoms with E-state index in [2.05, 4.69) is 49.5 Å². The van der Waals surface area contributed by atoms with Crippen LogP contribution in [-0.2, 0) is 0 Å². The van der Waals surface area contributed by atoms with Crippen LogP contribution in [0.2, 0.25) is 0 Å². The van der Waals surface area contributed by atoms with Gasteiger partial charge in [0.1, 0.15) is 0 Å². The molecule has 2 aliphatic rings. The number of fused-ring (bicyclic) bond motifs is 1. The smallest absolute Gasteiger partial charge is 0.231 e. The molecular weight excluding hydrogens is 298 g/mol. The van der Waals surface area contributed by atoms with Gasteiger partial charge in [0, 0.05) is 17.6 Å². The first-order valence-electron chi connectivity index (χ1n) is 8.92. The molecule has 126 valence electrons. The van der Waals surface area contributed by atoms with Gasteiger partial charge < -0.3 is 14.8 Å². The molecule has 1 aliphatic heterocycles. The molecule has 24 heavy (non-hydrogen) atoms. The Bertz CT molecular complexity index is 710. The Morgan fingerprint density at radius 2 is 1.88 bits per heavy atom. The summed E-state index contributed by atoms with van der Waals surface area (Å²) in [6, 6.07) is 16.0. The van der Waals surface area contributed by atoms with Crippen molar-refractivity contribution in [1.82, 2.24) is 5.32 Å². The topological polar surface area (TPSA) is 30.5 Å². The first-order valence-corrected chi connectivity index (χ1v) is 8.92. The zero-order chi connectivity index (χ0) is 16.5. The van der Waals surface area contributed by atoms with Gasteiger partial charge >= 0.3 is 0 Å². The van der Waals surface area contributed by atoms with Crippen LogP contribution in [-0.4, -0.2) is 12.8 Å². The van der Waals surface area contributed by atoms with Gasteiger partial charge in [-0.15, -0.1) is 0 Å². The highest BCUT2D eigenvalue weighted by molar-refractivity contribution is 5.49. The summed E-state index contributed by atoms with van der Waals surface area (Å²) in [5, 5.41) is 3.80. The number of rotatable bonds is 4. The van der Waals surface area contributed by atoms with Crippen molar-refractivity contribution < 1.29 is 9.47 Å². The van der Waals surface area contributed by atoms with Crippen LogP contribution in [0.1, 0.15) is 54.8 Å². The second-order valence-electron chi connectivity index (χ2n) is 7.09. The van der Waals surface area contributed by atoms with Gasteiger partial charge in [0.25, 0.3) is 0 Å². The molecule has 3 heteroatoms. The Balaban J connectivity index is 1.41. The summed E-state index contributed by atoms with van der Waals surface area (Å²) in [5.41, 5.74) is 4.01. The minimum absolute atomic E-state index is 0.267. The van der Waals surface area contributed by atoms with Crippen LogP contribution >= 0.6 is 0 Å². The first kappa shape index (κ1) is 15.5. The van der Waals surface area contributed by atoms with Gasteiger partial charge in [-0.05, 0) is 50.7 Å². The minimum atomic E-state index is 0.267. The van der Waals surface area contributed by atoms with Crippen molar-refractivity contribution in [1.29, 1.82) is 0 Å². The summed E-state index contributed by atoms with van der Waals surface area (Å²) >= 11 is 0. The average molecular weight is 323 g/mol. The molecule has 2 aromatic rings. The highest BCUT2D eigenvalue weighted by Crippen LogP contribution is 2.40. The Labute approximate surface area is 144 Å². The summed E-state index contributed by atoms with van der Waals surface area (Å²) in [6.07, 6.45) is 3.70. The standard InChI is InChI=1S/C21H25NO2/c1-14-6-8-16(9-7-14)17-10-11-18(12-17)22-15(2)19-4-3-5-20-21(19)24-13-23-20/h3-9,15,17-18,22H,10-13H2,1-2H3. The SMILES string of the molecule is Cc1ccc(C2CCC(NC(C)c3cccc4c3OCO4)C2)cc1. The van der Waals surface area contributed by atoms with Crippen LogP contribution in [0.15, 0.2) is 42.5 Å². The van der Waals surface area contributed by atoms with Gasteiger partial charge in [0.2, 0.25) is 6.79 Å². The van der Waals surface area contributed by atoms with Gasteiger partial charge in [0.15, 0.2) is 11.5 Å². The Kier molecular flexibility index (Phi) is 4.19. The first-order chi connectivity index (χ1) is 11.7. The fourth-order valence-corrected chi connectivity index (χ4v) is 4.01. The van der Waals surface area contributed by atoms with Crippen LogP contribution < -0.4 is 14.8 Å². The van der Waals surface area contributed by atoms with Crippen molar-refractivity contribution in [2.75, 3.05) is 6.79 Å². The summed E-state index contributed by atoms with van der Waals surface area (Å²) in [7, 11) is 0. The van der Waals surface area contributed by atoms with E-state index in [-0.39, 0.29) is 6.04 Å². The highest BCUT2D eigenvalue weighted by Gasteiger charge is 2.28.